The first-order valence-electron chi connectivity index (χ1n) is 6.58. The summed E-state index contributed by atoms with van der Waals surface area (Å²) in [5, 5.41) is 5.25. The zero-order chi connectivity index (χ0) is 14.8. The van der Waals surface area contributed by atoms with Crippen LogP contribution < -0.4 is 5.32 Å². The lowest BCUT2D eigenvalue weighted by molar-refractivity contribution is -0.135. The molecule has 0 fully saturated rings. The van der Waals surface area contributed by atoms with E-state index in [1.54, 1.807) is 11.3 Å². The number of imidazole rings is 1. The van der Waals surface area contributed by atoms with E-state index in [1.165, 1.54) is 0 Å². The molecule has 7 heteroatoms. The van der Waals surface area contributed by atoms with E-state index in [4.69, 9.17) is 0 Å². The van der Waals surface area contributed by atoms with Gasteiger partial charge in [0.25, 0.3) is 0 Å². The molecule has 0 spiro atoms. The molecule has 20 heavy (non-hydrogen) atoms. The van der Waals surface area contributed by atoms with Crippen molar-refractivity contribution in [2.45, 2.75) is 45.8 Å². The molecular weight excluding hydrogens is 287 g/mol. The Morgan fingerprint density at radius 2 is 2.05 bits per heavy atom. The van der Waals surface area contributed by atoms with Crippen LogP contribution in [0.4, 0.5) is 13.2 Å². The molecule has 2 rings (SSSR count). The van der Waals surface area contributed by atoms with E-state index in [0.717, 1.165) is 22.0 Å². The summed E-state index contributed by atoms with van der Waals surface area (Å²) in [6.45, 7) is 5.21. The lowest BCUT2D eigenvalue weighted by atomic mass is 10.2. The van der Waals surface area contributed by atoms with Gasteiger partial charge < -0.3 is 5.32 Å². The average Bonchev–Trinajstić information content (AvgIpc) is 2.83. The quantitative estimate of drug-likeness (QED) is 0.822. The number of fused-ring (bicyclic) bond motifs is 1. The molecule has 0 atom stereocenters. The van der Waals surface area contributed by atoms with Crippen LogP contribution in [0.2, 0.25) is 0 Å². The number of aryl methyl sites for hydroxylation is 2. The number of rotatable bonds is 6. The van der Waals surface area contributed by atoms with Crippen LogP contribution in [-0.4, -0.2) is 22.1 Å². The summed E-state index contributed by atoms with van der Waals surface area (Å²) in [5.41, 5.74) is 3.21. The number of unbranched alkanes of at least 4 members (excludes halogenated alkanes) is 1. The van der Waals surface area contributed by atoms with E-state index >= 15 is 0 Å². The lowest BCUT2D eigenvalue weighted by Gasteiger charge is -2.07. The molecule has 0 aliphatic heterocycles. The SMILES string of the molecule is Cc1nc2scc(C)n2c1CNCCCCC(F)(F)F. The van der Waals surface area contributed by atoms with Gasteiger partial charge in [-0.05, 0) is 33.2 Å². The summed E-state index contributed by atoms with van der Waals surface area (Å²) in [5.74, 6) is 0. The van der Waals surface area contributed by atoms with Crippen molar-refractivity contribution in [2.24, 2.45) is 0 Å². The number of hydrogen-bond donors (Lipinski definition) is 1. The summed E-state index contributed by atoms with van der Waals surface area (Å²) in [7, 11) is 0. The molecule has 0 saturated heterocycles. The van der Waals surface area contributed by atoms with E-state index in [0.29, 0.717) is 19.5 Å². The third-order valence-corrected chi connectivity index (χ3v) is 4.13. The number of aromatic nitrogens is 2. The topological polar surface area (TPSA) is 29.3 Å². The van der Waals surface area contributed by atoms with Crippen LogP contribution >= 0.6 is 11.3 Å². The van der Waals surface area contributed by atoms with Crippen LogP contribution in [0, 0.1) is 13.8 Å². The van der Waals surface area contributed by atoms with Crippen molar-refractivity contribution in [2.75, 3.05) is 6.54 Å². The van der Waals surface area contributed by atoms with Crippen LogP contribution in [0.25, 0.3) is 4.96 Å². The first kappa shape index (κ1) is 15.3. The molecule has 0 aromatic carbocycles. The van der Waals surface area contributed by atoms with Gasteiger partial charge in [-0.15, -0.1) is 11.3 Å². The van der Waals surface area contributed by atoms with Crippen LogP contribution in [0.1, 0.15) is 36.3 Å². The molecule has 1 N–H and O–H groups in total. The van der Waals surface area contributed by atoms with Crippen LogP contribution in [0.15, 0.2) is 5.38 Å². The summed E-state index contributed by atoms with van der Waals surface area (Å²) < 4.78 is 38.1. The summed E-state index contributed by atoms with van der Waals surface area (Å²) in [6.07, 6.45) is -4.03. The summed E-state index contributed by atoms with van der Waals surface area (Å²) in [4.78, 5) is 5.44. The maximum Gasteiger partial charge on any atom is 0.389 e. The highest BCUT2D eigenvalue weighted by molar-refractivity contribution is 7.15. The van der Waals surface area contributed by atoms with Crippen molar-refractivity contribution in [3.05, 3.63) is 22.5 Å². The Hall–Kier alpha value is -1.08. The average molecular weight is 305 g/mol. The van der Waals surface area contributed by atoms with E-state index in [2.05, 4.69) is 20.1 Å². The molecule has 112 valence electrons. The second-order valence-electron chi connectivity index (χ2n) is 4.89. The van der Waals surface area contributed by atoms with Gasteiger partial charge in [0, 0.05) is 24.0 Å². The van der Waals surface area contributed by atoms with Crippen molar-refractivity contribution < 1.29 is 13.2 Å². The minimum atomic E-state index is -4.04. The molecule has 0 amide bonds. The van der Waals surface area contributed by atoms with Crippen molar-refractivity contribution in [1.29, 1.82) is 0 Å². The third-order valence-electron chi connectivity index (χ3n) is 3.19. The molecule has 0 aliphatic carbocycles. The van der Waals surface area contributed by atoms with Gasteiger partial charge in [-0.3, -0.25) is 4.40 Å². The van der Waals surface area contributed by atoms with Crippen molar-refractivity contribution in [3.8, 4) is 0 Å². The van der Waals surface area contributed by atoms with E-state index in [9.17, 15) is 13.2 Å². The van der Waals surface area contributed by atoms with Crippen molar-refractivity contribution >= 4 is 16.3 Å². The lowest BCUT2D eigenvalue weighted by Crippen LogP contribution is -2.17. The normalized spacial score (nSPS) is 12.4. The predicted octanol–water partition coefficient (Wildman–Crippen LogP) is 3.83. The highest BCUT2D eigenvalue weighted by Crippen LogP contribution is 2.22. The molecule has 2 heterocycles. The van der Waals surface area contributed by atoms with Crippen LogP contribution in [0.3, 0.4) is 0 Å². The first-order chi connectivity index (χ1) is 9.38. The minimum Gasteiger partial charge on any atom is -0.311 e. The molecule has 2 aromatic rings. The van der Waals surface area contributed by atoms with Gasteiger partial charge in [0.15, 0.2) is 4.96 Å². The molecule has 0 saturated carbocycles. The molecule has 0 unspecified atom stereocenters. The Balaban J connectivity index is 1.81. The maximum atomic E-state index is 12.0. The van der Waals surface area contributed by atoms with Gasteiger partial charge in [0.2, 0.25) is 0 Å². The number of halogens is 3. The van der Waals surface area contributed by atoms with Gasteiger partial charge in [0.1, 0.15) is 0 Å². The van der Waals surface area contributed by atoms with Crippen molar-refractivity contribution in [1.82, 2.24) is 14.7 Å². The zero-order valence-corrected chi connectivity index (χ0v) is 12.4. The molecule has 3 nitrogen and oxygen atoms in total. The fourth-order valence-electron chi connectivity index (χ4n) is 2.16. The zero-order valence-electron chi connectivity index (χ0n) is 11.5. The molecular formula is C13H18F3N3S. The van der Waals surface area contributed by atoms with Gasteiger partial charge in [-0.2, -0.15) is 13.2 Å². The Kier molecular flexibility index (Phi) is 4.70. The highest BCUT2D eigenvalue weighted by Gasteiger charge is 2.25. The van der Waals surface area contributed by atoms with Gasteiger partial charge in [-0.1, -0.05) is 0 Å². The van der Waals surface area contributed by atoms with Gasteiger partial charge >= 0.3 is 6.18 Å². The van der Waals surface area contributed by atoms with E-state index < -0.39 is 12.6 Å². The highest BCUT2D eigenvalue weighted by atomic mass is 32.1. The second-order valence-corrected chi connectivity index (χ2v) is 5.72. The molecule has 0 aliphatic rings. The molecule has 0 bridgehead atoms. The van der Waals surface area contributed by atoms with Gasteiger partial charge in [0.05, 0.1) is 11.4 Å². The minimum absolute atomic E-state index is 0.175. The number of nitrogens with one attached hydrogen (secondary N) is 1. The Bertz CT molecular complexity index is 571. The second kappa shape index (κ2) is 6.13. The number of alkyl halides is 3. The Morgan fingerprint density at radius 1 is 1.30 bits per heavy atom. The first-order valence-corrected chi connectivity index (χ1v) is 7.46. The van der Waals surface area contributed by atoms with E-state index in [1.807, 2.05) is 13.8 Å². The smallest absolute Gasteiger partial charge is 0.311 e. The Labute approximate surface area is 119 Å². The molecule has 0 radical (unpaired) electrons. The molecule has 2 aromatic heterocycles. The van der Waals surface area contributed by atoms with E-state index in [-0.39, 0.29) is 6.42 Å². The van der Waals surface area contributed by atoms with Gasteiger partial charge in [-0.25, -0.2) is 4.98 Å². The van der Waals surface area contributed by atoms with Crippen LogP contribution in [0.5, 0.6) is 0 Å². The number of nitrogens with zero attached hydrogens (tertiary/aromatic N) is 2. The predicted molar refractivity (Wildman–Crippen MR) is 74.2 cm³/mol. The summed E-state index contributed by atoms with van der Waals surface area (Å²) >= 11 is 1.60. The standard InChI is InChI=1S/C13H18F3N3S/c1-9-8-20-12-18-10(2)11(19(9)12)7-17-6-4-3-5-13(14,15)16/h8,17H,3-7H2,1-2H3. The summed E-state index contributed by atoms with van der Waals surface area (Å²) in [6, 6.07) is 0. The third kappa shape index (κ3) is 3.73. The fourth-order valence-corrected chi connectivity index (χ4v) is 3.09. The number of hydrogen-bond acceptors (Lipinski definition) is 3. The van der Waals surface area contributed by atoms with Crippen LogP contribution in [-0.2, 0) is 6.54 Å². The van der Waals surface area contributed by atoms with Crippen molar-refractivity contribution in [3.63, 3.8) is 0 Å². The Morgan fingerprint density at radius 3 is 2.75 bits per heavy atom. The monoisotopic (exact) mass is 305 g/mol. The maximum absolute atomic E-state index is 12.0. The largest absolute Gasteiger partial charge is 0.389 e. The fraction of sp³-hybridized carbons (Fsp3) is 0.615. The number of thiazole rings is 1.